The van der Waals surface area contributed by atoms with Crippen molar-refractivity contribution < 1.29 is 15.0 Å². The predicted octanol–water partition coefficient (Wildman–Crippen LogP) is -2.77. The number of hydrogen-bond donors (Lipinski definition) is 2. The molecule has 0 saturated carbocycles. The Morgan fingerprint density at radius 1 is 1.86 bits per heavy atom. The minimum Gasteiger partial charge on any atom is -0.393 e. The number of hydrogen-bond acceptors (Lipinski definition) is 3. The van der Waals surface area contributed by atoms with E-state index in [1.54, 1.807) is 0 Å². The van der Waals surface area contributed by atoms with Gasteiger partial charge in [0.2, 0.25) is 0 Å². The van der Waals surface area contributed by atoms with Gasteiger partial charge in [0.15, 0.2) is 0 Å². The first-order chi connectivity index (χ1) is 3.18. The smallest absolute Gasteiger partial charge is 0.130 e. The van der Waals surface area contributed by atoms with Crippen molar-refractivity contribution in [2.45, 2.75) is 6.10 Å². The predicted molar refractivity (Wildman–Crippen MR) is 28.0 cm³/mol. The summed E-state index contributed by atoms with van der Waals surface area (Å²) in [5.74, 6) is 0. The second-order valence-corrected chi connectivity index (χ2v) is 2.29. The lowest BCUT2D eigenvalue weighted by Gasteiger charge is -1.97. The minimum atomic E-state index is -1.12. The fourth-order valence-corrected chi connectivity index (χ4v) is 0.311. The fourth-order valence-electron chi connectivity index (χ4n) is 0.129. The van der Waals surface area contributed by atoms with Crippen LogP contribution in [0.2, 0.25) is 0 Å². The lowest BCUT2D eigenvalue weighted by molar-refractivity contribution is -0.120. The van der Waals surface area contributed by atoms with E-state index in [9.17, 15) is 4.79 Å². The highest BCUT2D eigenvalue weighted by Crippen LogP contribution is 1.75. The molecule has 1 unspecified atom stereocenters. The van der Waals surface area contributed by atoms with Crippen molar-refractivity contribution in [3.8, 4) is 0 Å². The average molecular weight is 120 g/mol. The lowest BCUT2D eigenvalue weighted by atomic mass is 10.4. The summed E-state index contributed by atoms with van der Waals surface area (Å²) < 4.78 is 0. The molecular formula is C3H8O3Si. The number of aliphatic hydroxyl groups excluding tert-OH is 2. The van der Waals surface area contributed by atoms with Crippen LogP contribution in [0.25, 0.3) is 0 Å². The molecule has 0 aromatic rings. The SMILES string of the molecule is O=C([SiH3])C(O)CO. The van der Waals surface area contributed by atoms with Crippen molar-refractivity contribution in [3.63, 3.8) is 0 Å². The molecule has 4 heteroatoms. The molecule has 0 rings (SSSR count). The Kier molecular flexibility index (Phi) is 2.82. The Labute approximate surface area is 44.4 Å². The quantitative estimate of drug-likeness (QED) is 0.388. The number of carbonyl (C=O) groups excluding carboxylic acids is 1. The first kappa shape index (κ1) is 6.81. The molecule has 0 aromatic heterocycles. The number of carbonyl (C=O) groups is 1. The third-order valence-corrected chi connectivity index (χ3v) is 1.31. The molecule has 0 aromatic carbocycles. The van der Waals surface area contributed by atoms with Gasteiger partial charge >= 0.3 is 0 Å². The standard InChI is InChI=1S/C3H8O3Si/c4-1-2(5)3(6)7/h2,4-5H,1H2,7H3. The summed E-state index contributed by atoms with van der Waals surface area (Å²) in [4.78, 5) is 10.0. The van der Waals surface area contributed by atoms with E-state index >= 15 is 0 Å². The number of aliphatic hydroxyl groups is 2. The van der Waals surface area contributed by atoms with E-state index in [1.165, 1.54) is 0 Å². The average Bonchev–Trinajstić information content (AvgIpc) is 1.65. The summed E-state index contributed by atoms with van der Waals surface area (Å²) in [6.07, 6.45) is -1.12. The summed E-state index contributed by atoms with van der Waals surface area (Å²) in [5, 5.41) is 16.2. The minimum absolute atomic E-state index is 0.262. The normalized spacial score (nSPS) is 14.0. The molecule has 0 saturated heterocycles. The van der Waals surface area contributed by atoms with Gasteiger partial charge in [-0.3, -0.25) is 0 Å². The maximum atomic E-state index is 10.0. The van der Waals surface area contributed by atoms with Crippen molar-refractivity contribution in [3.05, 3.63) is 0 Å². The summed E-state index contributed by atoms with van der Waals surface area (Å²) in [5.41, 5.74) is 0. The van der Waals surface area contributed by atoms with E-state index in [0.717, 1.165) is 0 Å². The third-order valence-electron chi connectivity index (χ3n) is 0.642. The largest absolute Gasteiger partial charge is 0.393 e. The van der Waals surface area contributed by atoms with E-state index in [-0.39, 0.29) is 5.41 Å². The zero-order chi connectivity index (χ0) is 5.86. The second-order valence-electron chi connectivity index (χ2n) is 1.31. The topological polar surface area (TPSA) is 57.5 Å². The molecule has 7 heavy (non-hydrogen) atoms. The molecule has 0 heterocycles. The molecule has 0 radical (unpaired) electrons. The Morgan fingerprint density at radius 2 is 2.29 bits per heavy atom. The van der Waals surface area contributed by atoms with Gasteiger partial charge in [-0.15, -0.1) is 0 Å². The van der Waals surface area contributed by atoms with Crippen LogP contribution in [0.5, 0.6) is 0 Å². The summed E-state index contributed by atoms with van der Waals surface area (Å²) >= 11 is 0. The Hall–Kier alpha value is -0.193. The highest BCUT2D eigenvalue weighted by molar-refractivity contribution is 6.58. The van der Waals surface area contributed by atoms with E-state index in [1.807, 2.05) is 0 Å². The van der Waals surface area contributed by atoms with Crippen LogP contribution in [0.4, 0.5) is 0 Å². The van der Waals surface area contributed by atoms with Crippen LogP contribution >= 0.6 is 0 Å². The molecule has 42 valence electrons. The van der Waals surface area contributed by atoms with Gasteiger partial charge in [-0.2, -0.15) is 0 Å². The van der Waals surface area contributed by atoms with Gasteiger partial charge in [-0.05, 0) is 0 Å². The maximum Gasteiger partial charge on any atom is 0.130 e. The van der Waals surface area contributed by atoms with Crippen molar-refractivity contribution in [2.24, 2.45) is 0 Å². The van der Waals surface area contributed by atoms with Crippen molar-refractivity contribution in [2.75, 3.05) is 6.61 Å². The van der Waals surface area contributed by atoms with Crippen LogP contribution in [0.3, 0.4) is 0 Å². The Morgan fingerprint density at radius 3 is 2.29 bits per heavy atom. The molecule has 0 amide bonds. The first-order valence-corrected chi connectivity index (χ1v) is 2.98. The van der Waals surface area contributed by atoms with Gasteiger partial charge < -0.3 is 15.0 Å². The van der Waals surface area contributed by atoms with Crippen molar-refractivity contribution >= 4 is 15.6 Å². The molecule has 0 fully saturated rings. The monoisotopic (exact) mass is 120 g/mol. The van der Waals surface area contributed by atoms with E-state index in [2.05, 4.69) is 0 Å². The number of rotatable bonds is 2. The Bertz CT molecular complexity index is 72.6. The van der Waals surface area contributed by atoms with Crippen molar-refractivity contribution in [1.29, 1.82) is 0 Å². The molecule has 0 aliphatic heterocycles. The van der Waals surface area contributed by atoms with Gasteiger partial charge in [0, 0.05) is 0 Å². The van der Waals surface area contributed by atoms with Crippen molar-refractivity contribution in [1.82, 2.24) is 0 Å². The van der Waals surface area contributed by atoms with Gasteiger partial charge in [-0.1, -0.05) is 0 Å². The van der Waals surface area contributed by atoms with Crippen LogP contribution < -0.4 is 0 Å². The molecule has 2 N–H and O–H groups in total. The van der Waals surface area contributed by atoms with E-state index in [0.29, 0.717) is 10.2 Å². The molecule has 0 aliphatic carbocycles. The second kappa shape index (κ2) is 2.90. The molecule has 1 atom stereocenters. The van der Waals surface area contributed by atoms with E-state index in [4.69, 9.17) is 10.2 Å². The van der Waals surface area contributed by atoms with Crippen LogP contribution in [-0.2, 0) is 4.79 Å². The maximum absolute atomic E-state index is 10.0. The molecule has 0 bridgehead atoms. The van der Waals surface area contributed by atoms with Gasteiger partial charge in [0.1, 0.15) is 11.5 Å². The van der Waals surface area contributed by atoms with Gasteiger partial charge in [-0.25, -0.2) is 0 Å². The lowest BCUT2D eigenvalue weighted by Crippen LogP contribution is -2.23. The van der Waals surface area contributed by atoms with Crippen LogP contribution in [0, 0.1) is 0 Å². The summed E-state index contributed by atoms with van der Waals surface area (Å²) in [6.45, 7) is -0.442. The fraction of sp³-hybridized carbons (Fsp3) is 0.667. The van der Waals surface area contributed by atoms with Crippen LogP contribution in [0.1, 0.15) is 0 Å². The first-order valence-electron chi connectivity index (χ1n) is 1.98. The zero-order valence-electron chi connectivity index (χ0n) is 4.09. The van der Waals surface area contributed by atoms with Crippen LogP contribution in [-0.4, -0.2) is 38.6 Å². The molecular weight excluding hydrogens is 112 g/mol. The van der Waals surface area contributed by atoms with Crippen LogP contribution in [0.15, 0.2) is 0 Å². The molecule has 0 aliphatic rings. The third kappa shape index (κ3) is 2.50. The van der Waals surface area contributed by atoms with Gasteiger partial charge in [0.05, 0.1) is 16.8 Å². The van der Waals surface area contributed by atoms with E-state index < -0.39 is 12.7 Å². The Balaban J connectivity index is 3.34. The molecule has 3 nitrogen and oxygen atoms in total. The zero-order valence-corrected chi connectivity index (χ0v) is 6.09. The molecule has 0 spiro atoms. The highest BCUT2D eigenvalue weighted by Gasteiger charge is 2.04. The highest BCUT2D eigenvalue weighted by atomic mass is 28.1. The summed E-state index contributed by atoms with van der Waals surface area (Å²) in [6, 6.07) is 0. The van der Waals surface area contributed by atoms with Gasteiger partial charge in [0.25, 0.3) is 0 Å². The summed E-state index contributed by atoms with van der Waals surface area (Å²) in [7, 11) is 0.314.